The third-order valence-electron chi connectivity index (χ3n) is 20.6. The van der Waals surface area contributed by atoms with Crippen LogP contribution in [0.2, 0.25) is 0 Å². The molecule has 11 aromatic carbocycles. The van der Waals surface area contributed by atoms with Gasteiger partial charge in [0.25, 0.3) is 0 Å². The largest absolute Gasteiger partial charge is 0.452 e. The van der Waals surface area contributed by atoms with E-state index in [4.69, 9.17) is 14.7 Å². The fourth-order valence-corrected chi connectivity index (χ4v) is 17.1. The molecule has 0 saturated carbocycles. The molecule has 1 aliphatic heterocycles. The minimum absolute atomic E-state index is 0.0590. The van der Waals surface area contributed by atoms with E-state index in [1.54, 1.807) is 0 Å². The van der Waals surface area contributed by atoms with Gasteiger partial charge in [-0.3, -0.25) is 15.0 Å². The van der Waals surface area contributed by atoms with Crippen LogP contribution in [0.15, 0.2) is 292 Å². The molecule has 0 radical (unpaired) electrons. The summed E-state index contributed by atoms with van der Waals surface area (Å²) >= 11 is 0. The molecule has 7 heterocycles. The summed E-state index contributed by atoms with van der Waals surface area (Å²) in [5.41, 5.74) is 26.8. The van der Waals surface area contributed by atoms with Gasteiger partial charge >= 0.3 is 0 Å². The van der Waals surface area contributed by atoms with Crippen LogP contribution in [0.3, 0.4) is 0 Å². The lowest BCUT2D eigenvalue weighted by Gasteiger charge is -2.41. The number of benzene rings is 11. The van der Waals surface area contributed by atoms with E-state index < -0.39 is 5.41 Å². The molecule has 0 amide bonds. The fraction of sp³-hybridized carbons (Fsp3) is 0.0357. The van der Waals surface area contributed by atoms with Crippen LogP contribution in [0.4, 0.5) is 0 Å². The standard InChI is InChI=1S/C84H50N6O/c1-5-27-61-52(19-1)53-20-2-6-28-62(53)78(61)49-43-68-80(86-46-49)81-69(44-50(47-87-81)79-63-29-7-3-21-54(63)55-22-4-8-30-64(55)79)84(68)66-31-17-37-75(89-71-34-14-10-23-56(71)57-24-11-15-35-72(57)89)82(66)91-83-67(84)32-18-38-76(83)90-73-36-16-12-26-59(73)65-45-51(39-40-74(65)90)88-70-33-13-9-25-58(70)60-41-42-85-48-77(60)88/h1-48,78-79H. The number of pyridine rings is 3. The summed E-state index contributed by atoms with van der Waals surface area (Å²) in [4.78, 5) is 16.1. The van der Waals surface area contributed by atoms with Gasteiger partial charge < -0.3 is 18.4 Å². The highest BCUT2D eigenvalue weighted by molar-refractivity contribution is 6.13. The van der Waals surface area contributed by atoms with Crippen LogP contribution < -0.4 is 4.74 Å². The van der Waals surface area contributed by atoms with Crippen LogP contribution >= 0.6 is 0 Å². The van der Waals surface area contributed by atoms with E-state index in [2.05, 4.69) is 298 Å². The predicted molar refractivity (Wildman–Crippen MR) is 366 cm³/mol. The molecule has 4 aliphatic rings. The zero-order valence-corrected chi connectivity index (χ0v) is 49.0. The number of fused-ring (bicyclic) bond motifs is 24. The number of ether oxygens (including phenoxy) is 1. The van der Waals surface area contributed by atoms with Crippen LogP contribution in [-0.2, 0) is 5.41 Å². The van der Waals surface area contributed by atoms with Crippen molar-refractivity contribution >= 4 is 65.4 Å². The zero-order valence-electron chi connectivity index (χ0n) is 49.0. The van der Waals surface area contributed by atoms with Crippen molar-refractivity contribution in [3.8, 4) is 62.2 Å². The monoisotopic (exact) mass is 1160 g/mol. The molecule has 0 unspecified atom stereocenters. The molecule has 3 aliphatic carbocycles. The second kappa shape index (κ2) is 18.1. The van der Waals surface area contributed by atoms with Crippen LogP contribution in [0.25, 0.3) is 116 Å². The van der Waals surface area contributed by atoms with Gasteiger partial charge in [0.2, 0.25) is 0 Å². The van der Waals surface area contributed by atoms with Gasteiger partial charge in [-0.2, -0.15) is 0 Å². The summed E-state index contributed by atoms with van der Waals surface area (Å²) < 4.78 is 15.4. The van der Waals surface area contributed by atoms with E-state index in [-0.39, 0.29) is 11.8 Å². The smallest absolute Gasteiger partial charge is 0.156 e. The summed E-state index contributed by atoms with van der Waals surface area (Å²) in [5, 5.41) is 6.99. The molecule has 0 saturated heterocycles. The van der Waals surface area contributed by atoms with Crippen molar-refractivity contribution in [3.05, 3.63) is 347 Å². The maximum atomic E-state index is 8.13. The van der Waals surface area contributed by atoms with Crippen molar-refractivity contribution in [2.24, 2.45) is 0 Å². The molecule has 7 nitrogen and oxygen atoms in total. The molecular weight excluding hydrogens is 1110 g/mol. The second-order valence-electron chi connectivity index (χ2n) is 24.9. The van der Waals surface area contributed by atoms with Gasteiger partial charge in [0, 0.05) is 90.7 Å². The average molecular weight is 1160 g/mol. The Morgan fingerprint density at radius 3 is 1.18 bits per heavy atom. The summed E-state index contributed by atoms with van der Waals surface area (Å²) in [6.07, 6.45) is 8.16. The normalized spacial score (nSPS) is 14.0. The first kappa shape index (κ1) is 49.1. The molecule has 422 valence electrons. The first-order valence-electron chi connectivity index (χ1n) is 31.4. The number of rotatable bonds is 5. The van der Waals surface area contributed by atoms with Gasteiger partial charge in [-0.05, 0) is 128 Å². The average Bonchev–Trinajstić information content (AvgIpc) is 1.13. The van der Waals surface area contributed by atoms with Gasteiger partial charge in [-0.15, -0.1) is 0 Å². The fourth-order valence-electron chi connectivity index (χ4n) is 17.1. The van der Waals surface area contributed by atoms with E-state index in [1.807, 2.05) is 12.4 Å². The minimum atomic E-state index is -1.03. The van der Waals surface area contributed by atoms with E-state index in [1.165, 1.54) is 66.1 Å². The quantitative estimate of drug-likeness (QED) is 0.172. The van der Waals surface area contributed by atoms with Crippen LogP contribution in [0, 0.1) is 0 Å². The van der Waals surface area contributed by atoms with Gasteiger partial charge in [-0.1, -0.05) is 194 Å². The third-order valence-corrected chi connectivity index (χ3v) is 20.6. The Morgan fingerprint density at radius 1 is 0.308 bits per heavy atom. The van der Waals surface area contributed by atoms with Crippen LogP contribution in [0.5, 0.6) is 11.5 Å². The van der Waals surface area contributed by atoms with Crippen molar-refractivity contribution in [3.63, 3.8) is 0 Å². The summed E-state index contributed by atoms with van der Waals surface area (Å²) in [6, 6.07) is 98.5. The number of nitrogens with zero attached hydrogens (tertiary/aromatic N) is 6. The molecule has 6 aromatic heterocycles. The van der Waals surface area contributed by atoms with Crippen molar-refractivity contribution in [1.29, 1.82) is 0 Å². The highest BCUT2D eigenvalue weighted by Gasteiger charge is 2.55. The lowest BCUT2D eigenvalue weighted by atomic mass is 9.65. The van der Waals surface area contributed by atoms with Crippen LogP contribution in [-0.4, -0.2) is 28.7 Å². The highest BCUT2D eigenvalue weighted by atomic mass is 16.5. The van der Waals surface area contributed by atoms with E-state index in [0.29, 0.717) is 0 Å². The Bertz CT molecular complexity index is 5720. The summed E-state index contributed by atoms with van der Waals surface area (Å²) in [5.74, 6) is 1.43. The van der Waals surface area contributed by atoms with E-state index in [9.17, 15) is 0 Å². The number of para-hydroxylation sites is 6. The van der Waals surface area contributed by atoms with Gasteiger partial charge in [-0.25, -0.2) is 0 Å². The van der Waals surface area contributed by atoms with Crippen molar-refractivity contribution in [2.75, 3.05) is 0 Å². The molecule has 0 N–H and O–H groups in total. The molecule has 1 spiro atoms. The maximum absolute atomic E-state index is 8.13. The highest BCUT2D eigenvalue weighted by Crippen LogP contribution is 2.65. The molecule has 0 bridgehead atoms. The van der Waals surface area contributed by atoms with Gasteiger partial charge in [0.15, 0.2) is 11.5 Å². The first-order chi connectivity index (χ1) is 45.2. The number of hydrogen-bond donors (Lipinski definition) is 0. The molecular formula is C84H50N6O. The lowest BCUT2D eigenvalue weighted by molar-refractivity contribution is 0.433. The first-order valence-corrected chi connectivity index (χ1v) is 31.4. The lowest BCUT2D eigenvalue weighted by Crippen LogP contribution is -2.33. The Kier molecular flexibility index (Phi) is 9.77. The molecule has 21 rings (SSSR count). The molecule has 91 heavy (non-hydrogen) atoms. The Labute approximate surface area is 522 Å². The number of aromatic nitrogens is 6. The summed E-state index contributed by atoms with van der Waals surface area (Å²) in [7, 11) is 0. The third kappa shape index (κ3) is 6.38. The SMILES string of the molecule is c1ccc2c(c1)-c1ccccc1C2c1cnc2c(c1)C1(c3cc(C4c5ccccc5-c5ccccc54)cnc3-2)c2cccc(-n3c4ccccc4c4ccccc43)c2Oc2c(-n3c4ccccc4c4cc(-n5c6ccccc6c6ccncc65)ccc43)cccc21. The molecule has 7 heteroatoms. The summed E-state index contributed by atoms with van der Waals surface area (Å²) in [6.45, 7) is 0. The van der Waals surface area contributed by atoms with Crippen molar-refractivity contribution in [1.82, 2.24) is 28.7 Å². The Balaban J connectivity index is 0.886. The maximum Gasteiger partial charge on any atom is 0.156 e. The van der Waals surface area contributed by atoms with E-state index in [0.717, 1.165) is 117 Å². The van der Waals surface area contributed by atoms with Crippen molar-refractivity contribution in [2.45, 2.75) is 17.3 Å². The Morgan fingerprint density at radius 2 is 0.703 bits per heavy atom. The molecule has 0 fully saturated rings. The Hall–Kier alpha value is -11.9. The topological polar surface area (TPSA) is 62.7 Å². The zero-order chi connectivity index (χ0) is 59.2. The van der Waals surface area contributed by atoms with Crippen molar-refractivity contribution < 1.29 is 4.74 Å². The van der Waals surface area contributed by atoms with Crippen LogP contribution in [0.1, 0.15) is 67.5 Å². The number of hydrogen-bond acceptors (Lipinski definition) is 4. The predicted octanol–water partition coefficient (Wildman–Crippen LogP) is 20.0. The van der Waals surface area contributed by atoms with Gasteiger partial charge in [0.05, 0.1) is 67.5 Å². The minimum Gasteiger partial charge on any atom is -0.452 e. The molecule has 0 atom stereocenters. The second-order valence-corrected chi connectivity index (χ2v) is 24.9. The van der Waals surface area contributed by atoms with Gasteiger partial charge in [0.1, 0.15) is 0 Å². The van der Waals surface area contributed by atoms with E-state index >= 15 is 0 Å². The molecule has 17 aromatic rings.